The monoisotopic (exact) mass is 219 g/mol. The number of nitrogens with one attached hydrogen (secondary N) is 1. The summed E-state index contributed by atoms with van der Waals surface area (Å²) in [5.74, 6) is 0.475. The summed E-state index contributed by atoms with van der Waals surface area (Å²) in [6, 6.07) is 0.155. The first-order valence-corrected chi connectivity index (χ1v) is 5.46. The lowest BCUT2D eigenvalue weighted by atomic mass is 10.1. The van der Waals surface area contributed by atoms with E-state index in [1.165, 1.54) is 11.3 Å². The molecule has 0 aliphatic heterocycles. The van der Waals surface area contributed by atoms with E-state index in [2.05, 4.69) is 24.1 Å². The Morgan fingerprint density at radius 1 is 1.69 bits per heavy atom. The Kier molecular flexibility index (Phi) is 3.96. The van der Waals surface area contributed by atoms with Crippen molar-refractivity contribution in [1.29, 1.82) is 0 Å². The molecule has 0 radical (unpaired) electrons. The molecule has 1 unspecified atom stereocenters. The van der Waals surface area contributed by atoms with Gasteiger partial charge >= 0.3 is 0 Å². The molecular formula is C8H14ClN3S. The van der Waals surface area contributed by atoms with Crippen LogP contribution in [0.15, 0.2) is 5.38 Å². The maximum Gasteiger partial charge on any atom is 0.184 e. The largest absolute Gasteiger partial charge is 0.360 e. The highest BCUT2D eigenvalue weighted by atomic mass is 35.5. The van der Waals surface area contributed by atoms with Crippen LogP contribution in [0.2, 0.25) is 5.15 Å². The second kappa shape index (κ2) is 4.79. The van der Waals surface area contributed by atoms with Crippen molar-refractivity contribution in [1.82, 2.24) is 4.98 Å². The van der Waals surface area contributed by atoms with Gasteiger partial charge in [0.25, 0.3) is 0 Å². The van der Waals surface area contributed by atoms with E-state index in [0.29, 0.717) is 11.1 Å². The van der Waals surface area contributed by atoms with Gasteiger partial charge in [-0.05, 0) is 5.92 Å². The van der Waals surface area contributed by atoms with Gasteiger partial charge in [-0.15, -0.1) is 11.3 Å². The van der Waals surface area contributed by atoms with Crippen LogP contribution in [0, 0.1) is 5.92 Å². The summed E-state index contributed by atoms with van der Waals surface area (Å²) in [6.45, 7) is 4.93. The standard InChI is InChI=1S/C8H14ClN3S/c1-5(2)6(10)3-11-8-12-7(9)4-13-8/h4-6H,3,10H2,1-2H3,(H,11,12). The summed E-state index contributed by atoms with van der Waals surface area (Å²) in [5, 5.41) is 6.31. The Labute approximate surface area is 87.3 Å². The predicted molar refractivity (Wildman–Crippen MR) is 58.4 cm³/mol. The molecule has 0 aliphatic carbocycles. The zero-order chi connectivity index (χ0) is 9.84. The number of nitrogens with two attached hydrogens (primary N) is 1. The van der Waals surface area contributed by atoms with Gasteiger partial charge in [0, 0.05) is 18.0 Å². The van der Waals surface area contributed by atoms with E-state index in [1.54, 1.807) is 5.38 Å². The van der Waals surface area contributed by atoms with Crippen LogP contribution in [0.5, 0.6) is 0 Å². The van der Waals surface area contributed by atoms with Crippen LogP contribution >= 0.6 is 22.9 Å². The Morgan fingerprint density at radius 3 is 2.85 bits per heavy atom. The highest BCUT2D eigenvalue weighted by Crippen LogP contribution is 2.18. The van der Waals surface area contributed by atoms with E-state index in [0.717, 1.165) is 11.7 Å². The fourth-order valence-electron chi connectivity index (χ4n) is 0.776. The number of rotatable bonds is 4. The van der Waals surface area contributed by atoms with Crippen molar-refractivity contribution in [2.24, 2.45) is 11.7 Å². The Hall–Kier alpha value is -0.320. The lowest BCUT2D eigenvalue weighted by Gasteiger charge is -2.15. The highest BCUT2D eigenvalue weighted by Gasteiger charge is 2.07. The minimum Gasteiger partial charge on any atom is -0.360 e. The van der Waals surface area contributed by atoms with Crippen LogP contribution < -0.4 is 11.1 Å². The van der Waals surface area contributed by atoms with Gasteiger partial charge in [-0.2, -0.15) is 0 Å². The van der Waals surface area contributed by atoms with E-state index < -0.39 is 0 Å². The average molecular weight is 220 g/mol. The van der Waals surface area contributed by atoms with E-state index in [4.69, 9.17) is 17.3 Å². The minimum atomic E-state index is 0.155. The van der Waals surface area contributed by atoms with Crippen molar-refractivity contribution in [3.8, 4) is 0 Å². The van der Waals surface area contributed by atoms with Crippen molar-refractivity contribution in [3.63, 3.8) is 0 Å². The van der Waals surface area contributed by atoms with Gasteiger partial charge in [0.2, 0.25) is 0 Å². The molecule has 1 rings (SSSR count). The molecule has 5 heteroatoms. The van der Waals surface area contributed by atoms with Crippen LogP contribution in [0.4, 0.5) is 5.13 Å². The third-order valence-corrected chi connectivity index (χ3v) is 2.94. The molecule has 1 atom stereocenters. The molecule has 0 saturated heterocycles. The first-order chi connectivity index (χ1) is 6.09. The zero-order valence-electron chi connectivity index (χ0n) is 7.75. The fraction of sp³-hybridized carbons (Fsp3) is 0.625. The number of nitrogens with zero attached hydrogens (tertiary/aromatic N) is 1. The molecule has 0 fully saturated rings. The summed E-state index contributed by atoms with van der Waals surface area (Å²) in [6.07, 6.45) is 0. The van der Waals surface area contributed by atoms with Crippen molar-refractivity contribution in [3.05, 3.63) is 10.5 Å². The summed E-state index contributed by atoms with van der Waals surface area (Å²) in [7, 11) is 0. The van der Waals surface area contributed by atoms with Crippen LogP contribution in [0.25, 0.3) is 0 Å². The zero-order valence-corrected chi connectivity index (χ0v) is 9.32. The van der Waals surface area contributed by atoms with Gasteiger partial charge in [-0.25, -0.2) is 4.98 Å². The van der Waals surface area contributed by atoms with Crippen molar-refractivity contribution in [2.45, 2.75) is 19.9 Å². The maximum atomic E-state index is 5.85. The molecule has 13 heavy (non-hydrogen) atoms. The van der Waals surface area contributed by atoms with Crippen molar-refractivity contribution < 1.29 is 0 Å². The van der Waals surface area contributed by atoms with Gasteiger partial charge in [0.15, 0.2) is 5.13 Å². The lowest BCUT2D eigenvalue weighted by molar-refractivity contribution is 0.511. The van der Waals surface area contributed by atoms with E-state index in [-0.39, 0.29) is 6.04 Å². The van der Waals surface area contributed by atoms with Crippen molar-refractivity contribution in [2.75, 3.05) is 11.9 Å². The van der Waals surface area contributed by atoms with Crippen LogP contribution in [0.3, 0.4) is 0 Å². The smallest absolute Gasteiger partial charge is 0.184 e. The molecule has 74 valence electrons. The number of anilines is 1. The van der Waals surface area contributed by atoms with E-state index in [1.807, 2.05) is 0 Å². The molecule has 3 nitrogen and oxygen atoms in total. The van der Waals surface area contributed by atoms with E-state index >= 15 is 0 Å². The first-order valence-electron chi connectivity index (χ1n) is 4.20. The first kappa shape index (κ1) is 10.8. The minimum absolute atomic E-state index is 0.155. The quantitative estimate of drug-likeness (QED) is 0.817. The molecule has 0 spiro atoms. The van der Waals surface area contributed by atoms with Crippen LogP contribution in [-0.4, -0.2) is 17.6 Å². The molecule has 1 aromatic heterocycles. The second-order valence-corrected chi connectivity index (χ2v) is 4.51. The Morgan fingerprint density at radius 2 is 2.38 bits per heavy atom. The number of aromatic nitrogens is 1. The summed E-state index contributed by atoms with van der Waals surface area (Å²) in [5.41, 5.74) is 5.85. The predicted octanol–water partition coefficient (Wildman–Crippen LogP) is 2.19. The van der Waals surface area contributed by atoms with Crippen molar-refractivity contribution >= 4 is 28.1 Å². The number of thiazole rings is 1. The SMILES string of the molecule is CC(C)C(N)CNc1nc(Cl)cs1. The molecule has 3 N–H and O–H groups in total. The molecule has 0 amide bonds. The average Bonchev–Trinajstić information content (AvgIpc) is 2.47. The van der Waals surface area contributed by atoms with Gasteiger partial charge in [0.05, 0.1) is 0 Å². The maximum absolute atomic E-state index is 5.85. The highest BCUT2D eigenvalue weighted by molar-refractivity contribution is 7.14. The third-order valence-electron chi connectivity index (χ3n) is 1.82. The molecule has 1 heterocycles. The van der Waals surface area contributed by atoms with Gasteiger partial charge in [0.1, 0.15) is 5.15 Å². The topological polar surface area (TPSA) is 50.9 Å². The van der Waals surface area contributed by atoms with E-state index in [9.17, 15) is 0 Å². The van der Waals surface area contributed by atoms with Crippen LogP contribution in [-0.2, 0) is 0 Å². The molecular weight excluding hydrogens is 206 g/mol. The molecule has 0 aromatic carbocycles. The van der Waals surface area contributed by atoms with Gasteiger partial charge in [-0.3, -0.25) is 0 Å². The summed E-state index contributed by atoms with van der Waals surface area (Å²) in [4.78, 5) is 4.06. The Bertz CT molecular complexity index is 262. The Balaban J connectivity index is 2.35. The molecule has 1 aromatic rings. The lowest BCUT2D eigenvalue weighted by Crippen LogP contribution is -2.33. The summed E-state index contributed by atoms with van der Waals surface area (Å²) < 4.78 is 0. The number of hydrogen-bond acceptors (Lipinski definition) is 4. The van der Waals surface area contributed by atoms with Crippen LogP contribution in [0.1, 0.15) is 13.8 Å². The number of hydrogen-bond donors (Lipinski definition) is 2. The molecule has 0 saturated carbocycles. The van der Waals surface area contributed by atoms with Gasteiger partial charge in [-0.1, -0.05) is 25.4 Å². The molecule has 0 bridgehead atoms. The summed E-state index contributed by atoms with van der Waals surface area (Å²) >= 11 is 7.16. The third kappa shape index (κ3) is 3.50. The molecule has 0 aliphatic rings. The second-order valence-electron chi connectivity index (χ2n) is 3.26. The normalized spacial score (nSPS) is 13.3. The van der Waals surface area contributed by atoms with Gasteiger partial charge < -0.3 is 11.1 Å². The fourth-order valence-corrected chi connectivity index (χ4v) is 1.62. The number of halogens is 1.